The largest absolute Gasteiger partial charge is 1.00 e. The predicted molar refractivity (Wildman–Crippen MR) is 61.4 cm³/mol. The Labute approximate surface area is 131 Å². The molecule has 0 saturated heterocycles. The minimum atomic E-state index is -4.76. The molecule has 0 atom stereocenters. The van der Waals surface area contributed by atoms with Gasteiger partial charge >= 0.3 is 29.6 Å². The second-order valence-electron chi connectivity index (χ2n) is 3.68. The van der Waals surface area contributed by atoms with Crippen LogP contribution in [0.15, 0.2) is 29.3 Å². The number of fused-ring (bicyclic) bond motifs is 1. The number of phenols is 1. The number of rotatable bonds is 2. The fraction of sp³-hybridized carbons (Fsp3) is 0.0909. The molecule has 6 nitrogen and oxygen atoms in total. The number of hydrogen-bond acceptors (Lipinski definition) is 6. The van der Waals surface area contributed by atoms with E-state index in [2.05, 4.69) is 4.98 Å². The minimum Gasteiger partial charge on any atom is -0.744 e. The molecular formula is C11H8NNaO5S. The van der Waals surface area contributed by atoms with Gasteiger partial charge in [-0.15, -0.1) is 0 Å². The summed E-state index contributed by atoms with van der Waals surface area (Å²) in [5.74, 6) is -0.976. The molecule has 0 fully saturated rings. The number of Topliss-reactive ketones (excluding diaryl/α,β-unsaturated/α-hetero) is 1. The average molecular weight is 289 g/mol. The summed E-state index contributed by atoms with van der Waals surface area (Å²) in [6.45, 7) is 1.16. The number of carbonyl (C=O) groups excluding carboxylic acids is 1. The van der Waals surface area contributed by atoms with Crippen LogP contribution in [0, 0.1) is 0 Å². The number of benzene rings is 1. The van der Waals surface area contributed by atoms with E-state index in [0.717, 1.165) is 13.0 Å². The number of carbonyl (C=O) groups is 1. The van der Waals surface area contributed by atoms with E-state index in [1.54, 1.807) is 0 Å². The topological polar surface area (TPSA) is 107 Å². The first-order valence-electron chi connectivity index (χ1n) is 4.90. The zero-order valence-corrected chi connectivity index (χ0v) is 13.1. The average Bonchev–Trinajstić information content (AvgIpc) is 2.27. The van der Waals surface area contributed by atoms with Crippen molar-refractivity contribution >= 4 is 26.8 Å². The monoisotopic (exact) mass is 289 g/mol. The maximum Gasteiger partial charge on any atom is 1.00 e. The summed E-state index contributed by atoms with van der Waals surface area (Å²) in [6, 6.07) is 3.66. The van der Waals surface area contributed by atoms with Crippen LogP contribution < -0.4 is 29.6 Å². The van der Waals surface area contributed by atoms with Gasteiger partial charge in [0, 0.05) is 11.6 Å². The molecule has 0 aliphatic carbocycles. The smallest absolute Gasteiger partial charge is 0.744 e. The van der Waals surface area contributed by atoms with Crippen molar-refractivity contribution in [2.24, 2.45) is 0 Å². The molecule has 0 unspecified atom stereocenters. The molecule has 8 heteroatoms. The van der Waals surface area contributed by atoms with Gasteiger partial charge in [0.25, 0.3) is 0 Å². The first kappa shape index (κ1) is 16.1. The van der Waals surface area contributed by atoms with Gasteiger partial charge in [0.2, 0.25) is 0 Å². The summed E-state index contributed by atoms with van der Waals surface area (Å²) in [4.78, 5) is 14.5. The van der Waals surface area contributed by atoms with Crippen molar-refractivity contribution in [3.63, 3.8) is 0 Å². The van der Waals surface area contributed by atoms with Gasteiger partial charge in [-0.25, -0.2) is 8.42 Å². The Morgan fingerprint density at radius 2 is 2.05 bits per heavy atom. The molecule has 0 bridgehead atoms. The molecule has 0 amide bonds. The maximum atomic E-state index is 11.3. The van der Waals surface area contributed by atoms with E-state index >= 15 is 0 Å². The van der Waals surface area contributed by atoms with Crippen LogP contribution in [0.3, 0.4) is 0 Å². The number of phenolic OH excluding ortho intramolecular Hbond substituents is 1. The third-order valence-corrected chi connectivity index (χ3v) is 3.35. The Kier molecular flexibility index (Phi) is 4.70. The van der Waals surface area contributed by atoms with Gasteiger partial charge in [0.1, 0.15) is 15.6 Å². The molecule has 94 valence electrons. The quantitative estimate of drug-likeness (QED) is 0.391. The van der Waals surface area contributed by atoms with Crippen molar-refractivity contribution in [2.75, 3.05) is 0 Å². The Bertz CT molecular complexity index is 757. The van der Waals surface area contributed by atoms with Crippen molar-refractivity contribution in [1.29, 1.82) is 0 Å². The van der Waals surface area contributed by atoms with E-state index in [4.69, 9.17) is 0 Å². The molecule has 0 spiro atoms. The van der Waals surface area contributed by atoms with Crippen molar-refractivity contribution in [3.8, 4) is 5.75 Å². The summed E-state index contributed by atoms with van der Waals surface area (Å²) >= 11 is 0. The van der Waals surface area contributed by atoms with E-state index in [1.165, 1.54) is 18.3 Å². The van der Waals surface area contributed by atoms with Crippen LogP contribution in [0.1, 0.15) is 17.3 Å². The normalized spacial score (nSPS) is 11.1. The van der Waals surface area contributed by atoms with Gasteiger partial charge in [-0.05, 0) is 25.1 Å². The van der Waals surface area contributed by atoms with Crippen LogP contribution in [0.25, 0.3) is 10.9 Å². The molecule has 0 aliphatic heterocycles. The Balaban J connectivity index is 0.00000180. The predicted octanol–water partition coefficient (Wildman–Crippen LogP) is -1.95. The Hall–Kier alpha value is -0.990. The second kappa shape index (κ2) is 5.56. The van der Waals surface area contributed by atoms with E-state index in [-0.39, 0.29) is 46.0 Å². The first-order chi connectivity index (χ1) is 8.32. The van der Waals surface area contributed by atoms with Crippen LogP contribution in [0.4, 0.5) is 0 Å². The molecule has 0 radical (unpaired) electrons. The third kappa shape index (κ3) is 2.96. The maximum absolute atomic E-state index is 11.3. The molecule has 1 heterocycles. The fourth-order valence-electron chi connectivity index (χ4n) is 1.67. The van der Waals surface area contributed by atoms with Crippen LogP contribution >= 0.6 is 0 Å². The van der Waals surface area contributed by atoms with Gasteiger partial charge in [0.15, 0.2) is 11.5 Å². The molecule has 1 aromatic carbocycles. The SMILES string of the molecule is CC(=O)c1cc(S(=O)(=O)[O-])c2cccnc2c1O.[Na+]. The number of aromatic nitrogens is 1. The van der Waals surface area contributed by atoms with E-state index in [9.17, 15) is 22.9 Å². The van der Waals surface area contributed by atoms with Gasteiger partial charge in [0.05, 0.1) is 10.5 Å². The minimum absolute atomic E-state index is 0. The summed E-state index contributed by atoms with van der Waals surface area (Å²) in [5.41, 5.74) is -0.324. The van der Waals surface area contributed by atoms with Gasteiger partial charge < -0.3 is 9.66 Å². The summed E-state index contributed by atoms with van der Waals surface area (Å²) in [5, 5.41) is 9.83. The summed E-state index contributed by atoms with van der Waals surface area (Å²) < 4.78 is 33.5. The number of ketones is 1. The first-order valence-corrected chi connectivity index (χ1v) is 6.30. The number of pyridine rings is 1. The third-order valence-electron chi connectivity index (χ3n) is 2.48. The molecular weight excluding hydrogens is 281 g/mol. The van der Waals surface area contributed by atoms with Gasteiger partial charge in [-0.3, -0.25) is 9.78 Å². The summed E-state index contributed by atoms with van der Waals surface area (Å²) in [7, 11) is -4.76. The number of aromatic hydroxyl groups is 1. The molecule has 19 heavy (non-hydrogen) atoms. The zero-order valence-electron chi connectivity index (χ0n) is 10.2. The molecule has 1 N–H and O–H groups in total. The zero-order chi connectivity index (χ0) is 13.5. The standard InChI is InChI=1S/C11H9NO5S.Na/c1-6(13)8-5-9(18(15,16)17)7-3-2-4-12-10(7)11(8)14;/h2-5,14H,1H3,(H,15,16,17);/q;+1/p-1. The van der Waals surface area contributed by atoms with Gasteiger partial charge in [-0.2, -0.15) is 0 Å². The van der Waals surface area contributed by atoms with E-state index < -0.39 is 26.5 Å². The molecule has 2 rings (SSSR count). The van der Waals surface area contributed by atoms with E-state index in [0.29, 0.717) is 0 Å². The number of hydrogen-bond donors (Lipinski definition) is 1. The van der Waals surface area contributed by atoms with Crippen molar-refractivity contribution < 1.29 is 52.4 Å². The van der Waals surface area contributed by atoms with Crippen LogP contribution in [0.2, 0.25) is 0 Å². The molecule has 2 aromatic rings. The van der Waals surface area contributed by atoms with Gasteiger partial charge in [-0.1, -0.05) is 0 Å². The Morgan fingerprint density at radius 3 is 2.58 bits per heavy atom. The van der Waals surface area contributed by atoms with Crippen molar-refractivity contribution in [2.45, 2.75) is 11.8 Å². The molecule has 1 aromatic heterocycles. The molecule has 0 aliphatic rings. The second-order valence-corrected chi connectivity index (χ2v) is 5.03. The van der Waals surface area contributed by atoms with Crippen LogP contribution in [-0.2, 0) is 10.1 Å². The fourth-order valence-corrected chi connectivity index (χ4v) is 2.37. The Morgan fingerprint density at radius 1 is 1.42 bits per heavy atom. The van der Waals surface area contributed by atoms with Crippen molar-refractivity contribution in [3.05, 3.63) is 30.0 Å². The van der Waals surface area contributed by atoms with Crippen LogP contribution in [0.5, 0.6) is 5.75 Å². The van der Waals surface area contributed by atoms with E-state index in [1.807, 2.05) is 0 Å². The van der Waals surface area contributed by atoms with Crippen molar-refractivity contribution in [1.82, 2.24) is 4.98 Å². The molecule has 0 saturated carbocycles. The summed E-state index contributed by atoms with van der Waals surface area (Å²) in [6.07, 6.45) is 1.33. The number of nitrogens with zero attached hydrogens (tertiary/aromatic N) is 1. The van der Waals surface area contributed by atoms with Crippen LogP contribution in [-0.4, -0.2) is 28.8 Å².